The molecule has 6 heteroatoms. The molecule has 0 spiro atoms. The van der Waals surface area contributed by atoms with Gasteiger partial charge in [-0.3, -0.25) is 4.79 Å². The molecule has 1 aliphatic heterocycles. The van der Waals surface area contributed by atoms with Crippen LogP contribution in [0.4, 0.5) is 0 Å². The lowest BCUT2D eigenvalue weighted by Crippen LogP contribution is -3.00. The topological polar surface area (TPSA) is 72.5 Å². The van der Waals surface area contributed by atoms with E-state index in [1.54, 1.807) is 6.07 Å². The summed E-state index contributed by atoms with van der Waals surface area (Å²) in [6.07, 6.45) is 7.19. The predicted molar refractivity (Wildman–Crippen MR) is 112 cm³/mol. The van der Waals surface area contributed by atoms with E-state index in [0.717, 1.165) is 60.2 Å². The number of quaternary nitrogens is 1. The minimum atomic E-state index is -0.577. The molecular weight excluding hydrogens is 400 g/mol. The Kier molecular flexibility index (Phi) is 5.04. The standard InChI is InChI=1S/C24H32N2O3.ClH/c1-15-8-9-24(29-3)19-12-17-6-7-18(22(25)28)21(27)20(17)23(24,13-15)10-11-26(19,2)14-16-4-5-16;/h6-7,16,19H,1,4-5,8-14H2,2-3H3,(H2-,25,27,28);1H/t19?,23?,24-,26+;/m1./s1. The third-order valence-electron chi connectivity index (χ3n) is 8.71. The van der Waals surface area contributed by atoms with Crippen molar-refractivity contribution in [3.63, 3.8) is 0 Å². The number of ether oxygens (including phenoxy) is 1. The number of primary amides is 1. The number of amides is 1. The number of allylic oxidation sites excluding steroid dienone is 1. The van der Waals surface area contributed by atoms with Crippen molar-refractivity contribution < 1.29 is 31.5 Å². The summed E-state index contributed by atoms with van der Waals surface area (Å²) in [4.78, 5) is 12.0. The largest absolute Gasteiger partial charge is 1.00 e. The van der Waals surface area contributed by atoms with Gasteiger partial charge in [0.25, 0.3) is 5.91 Å². The van der Waals surface area contributed by atoms with Crippen molar-refractivity contribution in [1.82, 2.24) is 0 Å². The van der Waals surface area contributed by atoms with Crippen molar-refractivity contribution in [2.75, 3.05) is 27.2 Å². The molecule has 3 aliphatic carbocycles. The Bertz CT molecular complexity index is 914. The Hall–Kier alpha value is -1.56. The van der Waals surface area contributed by atoms with Gasteiger partial charge in [0.1, 0.15) is 17.4 Å². The molecule has 2 unspecified atom stereocenters. The van der Waals surface area contributed by atoms with Crippen molar-refractivity contribution in [3.8, 4) is 5.75 Å². The Labute approximate surface area is 185 Å². The fraction of sp³-hybridized carbons (Fsp3) is 0.625. The van der Waals surface area contributed by atoms with Crippen LogP contribution in [-0.4, -0.2) is 54.4 Å². The molecule has 0 radical (unpaired) electrons. The van der Waals surface area contributed by atoms with Gasteiger partial charge in [-0.05, 0) is 43.7 Å². The average molecular weight is 433 g/mol. The number of aromatic hydroxyl groups is 1. The maximum atomic E-state index is 12.0. The highest BCUT2D eigenvalue weighted by Crippen LogP contribution is 2.63. The zero-order valence-electron chi connectivity index (χ0n) is 18.0. The van der Waals surface area contributed by atoms with E-state index in [4.69, 9.17) is 10.5 Å². The van der Waals surface area contributed by atoms with Crippen molar-refractivity contribution in [2.24, 2.45) is 11.7 Å². The van der Waals surface area contributed by atoms with E-state index in [1.165, 1.54) is 25.0 Å². The fourth-order valence-corrected chi connectivity index (χ4v) is 7.25. The number of carbonyl (C=O) groups is 1. The maximum absolute atomic E-state index is 12.0. The first-order chi connectivity index (χ1) is 13.8. The molecule has 30 heavy (non-hydrogen) atoms. The summed E-state index contributed by atoms with van der Waals surface area (Å²) < 4.78 is 7.56. The van der Waals surface area contributed by atoms with Gasteiger partial charge in [-0.1, -0.05) is 18.2 Å². The molecule has 5 rings (SSSR count). The molecule has 1 amide bonds. The van der Waals surface area contributed by atoms with Crippen LogP contribution >= 0.6 is 0 Å². The van der Waals surface area contributed by atoms with Crippen LogP contribution in [0.5, 0.6) is 5.75 Å². The number of rotatable bonds is 4. The number of piperidine rings is 1. The summed E-state index contributed by atoms with van der Waals surface area (Å²) >= 11 is 0. The molecule has 1 aromatic rings. The highest BCUT2D eigenvalue weighted by molar-refractivity contribution is 5.96. The van der Waals surface area contributed by atoms with E-state index in [0.29, 0.717) is 6.04 Å². The number of methoxy groups -OCH3 is 1. The van der Waals surface area contributed by atoms with E-state index in [9.17, 15) is 9.90 Å². The monoisotopic (exact) mass is 432 g/mol. The van der Waals surface area contributed by atoms with Crippen molar-refractivity contribution in [2.45, 2.75) is 62.0 Å². The smallest absolute Gasteiger partial charge is 0.252 e. The van der Waals surface area contributed by atoms with Gasteiger partial charge in [0.05, 0.1) is 25.7 Å². The van der Waals surface area contributed by atoms with Crippen LogP contribution in [0.25, 0.3) is 0 Å². The SMILES string of the molecule is C=C1CC[C@@]2(OC)C3Cc4ccc(C(N)=O)c(O)c4C2(CC[N@@+]3(C)CC2CC2)C1.[Cl-]. The minimum Gasteiger partial charge on any atom is -1.00 e. The number of likely N-dealkylation sites (N-methyl/N-ethyl adjacent to an activating group) is 1. The molecule has 2 saturated carbocycles. The van der Waals surface area contributed by atoms with Crippen LogP contribution in [-0.2, 0) is 16.6 Å². The molecule has 3 fully saturated rings. The summed E-state index contributed by atoms with van der Waals surface area (Å²) in [5.41, 5.74) is 8.39. The number of benzene rings is 1. The van der Waals surface area contributed by atoms with Gasteiger partial charge in [-0.15, -0.1) is 0 Å². The fourth-order valence-electron chi connectivity index (χ4n) is 7.25. The first-order valence-electron chi connectivity index (χ1n) is 11.0. The molecule has 1 heterocycles. The predicted octanol–water partition coefficient (Wildman–Crippen LogP) is 0.0432. The molecule has 0 aromatic heterocycles. The number of hydrogen-bond acceptors (Lipinski definition) is 3. The second-order valence-electron chi connectivity index (χ2n) is 10.3. The number of fused-ring (bicyclic) bond motifs is 1. The summed E-state index contributed by atoms with van der Waals surface area (Å²) in [6, 6.07) is 4.07. The van der Waals surface area contributed by atoms with Gasteiger partial charge in [0.2, 0.25) is 0 Å². The van der Waals surface area contributed by atoms with Gasteiger partial charge >= 0.3 is 0 Å². The number of nitrogens with zero attached hydrogens (tertiary/aromatic N) is 1. The minimum absolute atomic E-state index is 0. The Morgan fingerprint density at radius 2 is 2.10 bits per heavy atom. The maximum Gasteiger partial charge on any atom is 0.252 e. The number of likely N-dealkylation sites (tertiary alicyclic amines) is 1. The quantitative estimate of drug-likeness (QED) is 0.521. The number of carbonyl (C=O) groups excluding carboxylic acids is 1. The number of hydrogen-bond donors (Lipinski definition) is 2. The Morgan fingerprint density at radius 3 is 2.73 bits per heavy atom. The molecule has 1 saturated heterocycles. The normalized spacial score (nSPS) is 37.0. The van der Waals surface area contributed by atoms with Crippen LogP contribution in [0.2, 0.25) is 0 Å². The van der Waals surface area contributed by atoms with Crippen LogP contribution in [0.3, 0.4) is 0 Å². The van der Waals surface area contributed by atoms with Crippen LogP contribution in [0.15, 0.2) is 24.3 Å². The molecule has 4 aliphatic rings. The van der Waals surface area contributed by atoms with Crippen LogP contribution < -0.4 is 18.1 Å². The molecule has 4 atom stereocenters. The lowest BCUT2D eigenvalue weighted by atomic mass is 9.48. The lowest BCUT2D eigenvalue weighted by Gasteiger charge is -2.67. The first kappa shape index (κ1) is 21.7. The Morgan fingerprint density at radius 1 is 1.37 bits per heavy atom. The van der Waals surface area contributed by atoms with Gasteiger partial charge in [-0.2, -0.15) is 0 Å². The van der Waals surface area contributed by atoms with E-state index < -0.39 is 5.91 Å². The first-order valence-corrected chi connectivity index (χ1v) is 11.0. The lowest BCUT2D eigenvalue weighted by molar-refractivity contribution is -0.950. The number of phenols is 1. The second-order valence-corrected chi connectivity index (χ2v) is 10.3. The van der Waals surface area contributed by atoms with Gasteiger partial charge in [0, 0.05) is 36.8 Å². The molecule has 5 nitrogen and oxygen atoms in total. The number of halogens is 1. The van der Waals surface area contributed by atoms with E-state index in [2.05, 4.69) is 13.6 Å². The van der Waals surface area contributed by atoms with E-state index in [1.807, 2.05) is 13.2 Å². The molecule has 3 N–H and O–H groups in total. The average Bonchev–Trinajstić information content (AvgIpc) is 3.48. The summed E-state index contributed by atoms with van der Waals surface area (Å²) in [7, 11) is 4.27. The van der Waals surface area contributed by atoms with Crippen LogP contribution in [0.1, 0.15) is 60.0 Å². The van der Waals surface area contributed by atoms with E-state index in [-0.39, 0.29) is 34.7 Å². The Balaban J connectivity index is 0.00000218. The van der Waals surface area contributed by atoms with Gasteiger partial charge < -0.3 is 32.5 Å². The van der Waals surface area contributed by atoms with E-state index >= 15 is 0 Å². The van der Waals surface area contributed by atoms with Gasteiger partial charge in [0.15, 0.2) is 0 Å². The zero-order chi connectivity index (χ0) is 20.6. The van der Waals surface area contributed by atoms with Crippen LogP contribution in [0, 0.1) is 5.92 Å². The van der Waals surface area contributed by atoms with Gasteiger partial charge in [-0.25, -0.2) is 0 Å². The third-order valence-corrected chi connectivity index (χ3v) is 8.71. The highest BCUT2D eigenvalue weighted by atomic mass is 35.5. The number of nitrogens with two attached hydrogens (primary N) is 1. The summed E-state index contributed by atoms with van der Waals surface area (Å²) in [5.74, 6) is 0.335. The molecule has 1 aromatic carbocycles. The van der Waals surface area contributed by atoms with Crippen molar-refractivity contribution in [1.29, 1.82) is 0 Å². The zero-order valence-corrected chi connectivity index (χ0v) is 18.8. The summed E-state index contributed by atoms with van der Waals surface area (Å²) in [6.45, 7) is 6.62. The molecule has 164 valence electrons. The third kappa shape index (κ3) is 2.71. The van der Waals surface area contributed by atoms with Crippen molar-refractivity contribution >= 4 is 5.91 Å². The second kappa shape index (κ2) is 6.98. The summed E-state index contributed by atoms with van der Waals surface area (Å²) in [5, 5.41) is 11.2. The van der Waals surface area contributed by atoms with Crippen molar-refractivity contribution in [3.05, 3.63) is 41.0 Å². The molecule has 2 bridgehead atoms. The molecular formula is C24H33ClN2O3. The highest BCUT2D eigenvalue weighted by Gasteiger charge is 2.70.